The molecule has 0 atom stereocenters. The van der Waals surface area contributed by atoms with Crippen LogP contribution < -0.4 is 10.1 Å². The predicted octanol–water partition coefficient (Wildman–Crippen LogP) is 4.92. The first-order valence-electron chi connectivity index (χ1n) is 11.5. The van der Waals surface area contributed by atoms with Crippen LogP contribution in [0.4, 0.5) is 5.69 Å². The second kappa shape index (κ2) is 9.99. The molecule has 5 heteroatoms. The van der Waals surface area contributed by atoms with Crippen LogP contribution in [0.5, 0.6) is 5.75 Å². The highest BCUT2D eigenvalue weighted by Crippen LogP contribution is 2.34. The Hall–Kier alpha value is -2.82. The van der Waals surface area contributed by atoms with E-state index in [4.69, 9.17) is 4.74 Å². The number of fused-ring (bicyclic) bond motifs is 1. The van der Waals surface area contributed by atoms with Gasteiger partial charge in [-0.2, -0.15) is 0 Å². The number of benzene rings is 2. The molecule has 0 aromatic heterocycles. The second-order valence-electron chi connectivity index (χ2n) is 8.74. The Morgan fingerprint density at radius 2 is 1.84 bits per heavy atom. The van der Waals surface area contributed by atoms with Gasteiger partial charge in [-0.3, -0.25) is 9.59 Å². The van der Waals surface area contributed by atoms with E-state index >= 15 is 0 Å². The average molecular weight is 421 g/mol. The molecular weight excluding hydrogens is 388 g/mol. The van der Waals surface area contributed by atoms with Crippen molar-refractivity contribution in [3.8, 4) is 5.75 Å². The maximum atomic E-state index is 12.7. The van der Waals surface area contributed by atoms with Gasteiger partial charge in [0.15, 0.2) is 0 Å². The van der Waals surface area contributed by atoms with Gasteiger partial charge in [-0.05, 0) is 73.8 Å². The van der Waals surface area contributed by atoms with E-state index in [1.54, 1.807) is 0 Å². The fourth-order valence-corrected chi connectivity index (χ4v) is 4.76. The van der Waals surface area contributed by atoms with Gasteiger partial charge in [0.05, 0.1) is 6.61 Å². The molecule has 4 rings (SSSR count). The van der Waals surface area contributed by atoms with Crippen LogP contribution in [0, 0.1) is 0 Å². The molecule has 0 bridgehead atoms. The minimum atomic E-state index is 0.0670. The Morgan fingerprint density at radius 3 is 2.61 bits per heavy atom. The van der Waals surface area contributed by atoms with Crippen LogP contribution in [0.1, 0.15) is 62.0 Å². The van der Waals surface area contributed by atoms with E-state index in [0.29, 0.717) is 37.8 Å². The predicted molar refractivity (Wildman–Crippen MR) is 122 cm³/mol. The van der Waals surface area contributed by atoms with Crippen LogP contribution in [0.3, 0.4) is 0 Å². The maximum Gasteiger partial charge on any atom is 0.224 e. The normalized spacial score (nSPS) is 20.5. The fraction of sp³-hybridized carbons (Fsp3) is 0.462. The molecule has 1 saturated carbocycles. The Balaban J connectivity index is 1.18. The van der Waals surface area contributed by atoms with Crippen molar-refractivity contribution < 1.29 is 14.3 Å². The van der Waals surface area contributed by atoms with Crippen molar-refractivity contribution in [1.82, 2.24) is 4.90 Å². The lowest BCUT2D eigenvalue weighted by Crippen LogP contribution is -2.39. The molecule has 1 heterocycles. The van der Waals surface area contributed by atoms with Crippen LogP contribution in [0.2, 0.25) is 0 Å². The first kappa shape index (κ1) is 21.4. The number of carbonyl (C=O) groups excluding carboxylic acids is 2. The van der Waals surface area contributed by atoms with Crippen molar-refractivity contribution in [3.63, 3.8) is 0 Å². The topological polar surface area (TPSA) is 58.6 Å². The third-order valence-electron chi connectivity index (χ3n) is 6.68. The van der Waals surface area contributed by atoms with E-state index in [1.807, 2.05) is 30.1 Å². The van der Waals surface area contributed by atoms with E-state index < -0.39 is 0 Å². The third-order valence-corrected chi connectivity index (χ3v) is 6.68. The largest absolute Gasteiger partial charge is 0.494 e. The molecule has 0 saturated heterocycles. The minimum absolute atomic E-state index is 0.0670. The summed E-state index contributed by atoms with van der Waals surface area (Å²) >= 11 is 0. The Labute approximate surface area is 184 Å². The molecule has 164 valence electrons. The Kier molecular flexibility index (Phi) is 6.90. The zero-order valence-corrected chi connectivity index (χ0v) is 18.3. The van der Waals surface area contributed by atoms with Crippen LogP contribution in [0.15, 0.2) is 48.5 Å². The molecule has 2 aromatic carbocycles. The van der Waals surface area contributed by atoms with E-state index in [2.05, 4.69) is 35.6 Å². The number of ether oxygens (including phenoxy) is 1. The number of hydrogen-bond donors (Lipinski definition) is 1. The van der Waals surface area contributed by atoms with Crippen LogP contribution in [-0.2, 0) is 16.0 Å². The number of carbonyl (C=O) groups is 2. The SMILES string of the molecule is CN(C(=O)CCCOc1ccc2c(c1)CCC(=O)N2)C1CCC(c2ccccc2)CC1. The number of rotatable bonds is 7. The Bertz CT molecular complexity index is 904. The van der Waals surface area contributed by atoms with Gasteiger partial charge >= 0.3 is 0 Å². The first-order chi connectivity index (χ1) is 15.1. The monoisotopic (exact) mass is 420 g/mol. The molecule has 0 unspecified atom stereocenters. The van der Waals surface area contributed by atoms with Gasteiger partial charge in [0.1, 0.15) is 5.75 Å². The lowest BCUT2D eigenvalue weighted by Gasteiger charge is -2.35. The first-order valence-corrected chi connectivity index (χ1v) is 11.5. The zero-order chi connectivity index (χ0) is 21.6. The number of nitrogens with zero attached hydrogens (tertiary/aromatic N) is 1. The highest BCUT2D eigenvalue weighted by Gasteiger charge is 2.27. The summed E-state index contributed by atoms with van der Waals surface area (Å²) in [6.45, 7) is 0.519. The van der Waals surface area contributed by atoms with Crippen LogP contribution in [-0.4, -0.2) is 36.4 Å². The van der Waals surface area contributed by atoms with Gasteiger partial charge < -0.3 is 15.0 Å². The molecule has 0 radical (unpaired) electrons. The van der Waals surface area contributed by atoms with Gasteiger partial charge in [0.2, 0.25) is 11.8 Å². The van der Waals surface area contributed by atoms with Crippen molar-refractivity contribution in [1.29, 1.82) is 0 Å². The smallest absolute Gasteiger partial charge is 0.224 e. The van der Waals surface area contributed by atoms with Gasteiger partial charge in [0.25, 0.3) is 0 Å². The van der Waals surface area contributed by atoms with E-state index in [9.17, 15) is 9.59 Å². The summed E-state index contributed by atoms with van der Waals surface area (Å²) in [7, 11) is 1.95. The molecule has 2 amide bonds. The summed E-state index contributed by atoms with van der Waals surface area (Å²) in [6.07, 6.45) is 6.92. The van der Waals surface area contributed by atoms with Crippen LogP contribution in [0.25, 0.3) is 0 Å². The maximum absolute atomic E-state index is 12.7. The summed E-state index contributed by atoms with van der Waals surface area (Å²) in [5.74, 6) is 1.70. The molecule has 2 aromatic rings. The van der Waals surface area contributed by atoms with Crippen molar-refractivity contribution in [3.05, 3.63) is 59.7 Å². The lowest BCUT2D eigenvalue weighted by atomic mass is 9.81. The highest BCUT2D eigenvalue weighted by molar-refractivity contribution is 5.94. The van der Waals surface area contributed by atoms with E-state index in [1.165, 1.54) is 5.56 Å². The summed E-state index contributed by atoms with van der Waals surface area (Å²) in [4.78, 5) is 26.1. The Morgan fingerprint density at radius 1 is 1.06 bits per heavy atom. The summed E-state index contributed by atoms with van der Waals surface area (Å²) in [5, 5.41) is 2.88. The van der Waals surface area contributed by atoms with Crippen molar-refractivity contribution in [2.24, 2.45) is 0 Å². The molecule has 0 spiro atoms. The molecular formula is C26H32N2O3. The number of aryl methyl sites for hydroxylation is 1. The standard InChI is InChI=1S/C26H32N2O3/c1-28(22-12-9-20(10-13-22)19-6-3-2-4-7-19)26(30)8-5-17-31-23-14-15-24-21(18-23)11-16-25(29)27-24/h2-4,6-7,14-15,18,20,22H,5,8-13,16-17H2,1H3,(H,27,29). The summed E-state index contributed by atoms with van der Waals surface area (Å²) in [5.41, 5.74) is 3.41. The van der Waals surface area contributed by atoms with Crippen LogP contribution >= 0.6 is 0 Å². The zero-order valence-electron chi connectivity index (χ0n) is 18.3. The quantitative estimate of drug-likeness (QED) is 0.647. The fourth-order valence-electron chi connectivity index (χ4n) is 4.76. The van der Waals surface area contributed by atoms with Crippen molar-refractivity contribution >= 4 is 17.5 Å². The summed E-state index contributed by atoms with van der Waals surface area (Å²) < 4.78 is 5.85. The third kappa shape index (κ3) is 5.46. The van der Waals surface area contributed by atoms with Gasteiger partial charge in [0, 0.05) is 31.6 Å². The number of amides is 2. The number of anilines is 1. The molecule has 5 nitrogen and oxygen atoms in total. The lowest BCUT2D eigenvalue weighted by molar-refractivity contribution is -0.132. The number of hydrogen-bond acceptors (Lipinski definition) is 3. The van der Waals surface area contributed by atoms with Crippen molar-refractivity contribution in [2.75, 3.05) is 19.0 Å². The molecule has 1 aliphatic heterocycles. The van der Waals surface area contributed by atoms with Gasteiger partial charge in [-0.15, -0.1) is 0 Å². The van der Waals surface area contributed by atoms with E-state index in [-0.39, 0.29) is 11.8 Å². The van der Waals surface area contributed by atoms with Gasteiger partial charge in [-0.25, -0.2) is 0 Å². The average Bonchev–Trinajstić information content (AvgIpc) is 2.82. The van der Waals surface area contributed by atoms with Gasteiger partial charge in [-0.1, -0.05) is 30.3 Å². The van der Waals surface area contributed by atoms with E-state index in [0.717, 1.165) is 49.1 Å². The molecule has 1 fully saturated rings. The molecule has 1 N–H and O–H groups in total. The van der Waals surface area contributed by atoms with Crippen molar-refractivity contribution in [2.45, 2.75) is 63.3 Å². The molecule has 1 aliphatic carbocycles. The minimum Gasteiger partial charge on any atom is -0.494 e. The summed E-state index contributed by atoms with van der Waals surface area (Å²) in [6, 6.07) is 16.9. The second-order valence-corrected chi connectivity index (χ2v) is 8.74. The molecule has 31 heavy (non-hydrogen) atoms. The number of nitrogens with one attached hydrogen (secondary N) is 1. The highest BCUT2D eigenvalue weighted by atomic mass is 16.5. The molecule has 2 aliphatic rings.